The van der Waals surface area contributed by atoms with Crippen molar-refractivity contribution in [1.29, 1.82) is 0 Å². The highest BCUT2D eigenvalue weighted by Gasteiger charge is 2.15. The second-order valence-electron chi connectivity index (χ2n) is 5.45. The van der Waals surface area contributed by atoms with Gasteiger partial charge in [0.25, 0.3) is 0 Å². The molecule has 1 aliphatic carbocycles. The van der Waals surface area contributed by atoms with Gasteiger partial charge in [0.05, 0.1) is 5.52 Å². The maximum atomic E-state index is 13.4. The van der Waals surface area contributed by atoms with Crippen LogP contribution in [0.25, 0.3) is 10.9 Å². The van der Waals surface area contributed by atoms with Crippen LogP contribution < -0.4 is 5.32 Å². The molecule has 19 heavy (non-hydrogen) atoms. The molecule has 0 saturated heterocycles. The van der Waals surface area contributed by atoms with E-state index < -0.39 is 0 Å². The molecule has 0 unspecified atom stereocenters. The SMILES string of the molecule is CCn1c(CNC2CCCC2)cc2ccc(F)cc21. The Morgan fingerprint density at radius 2 is 2.05 bits per heavy atom. The van der Waals surface area contributed by atoms with E-state index in [9.17, 15) is 4.39 Å². The fraction of sp³-hybridized carbons (Fsp3) is 0.500. The second-order valence-corrected chi connectivity index (χ2v) is 5.45. The summed E-state index contributed by atoms with van der Waals surface area (Å²) in [6.45, 7) is 3.88. The zero-order valence-electron chi connectivity index (χ0n) is 11.5. The van der Waals surface area contributed by atoms with Crippen molar-refractivity contribution >= 4 is 10.9 Å². The fourth-order valence-corrected chi connectivity index (χ4v) is 3.18. The van der Waals surface area contributed by atoms with Gasteiger partial charge in [-0.25, -0.2) is 4.39 Å². The number of nitrogens with one attached hydrogen (secondary N) is 1. The fourth-order valence-electron chi connectivity index (χ4n) is 3.18. The molecule has 2 aromatic rings. The molecule has 0 radical (unpaired) electrons. The van der Waals surface area contributed by atoms with Crippen molar-refractivity contribution in [3.8, 4) is 0 Å². The molecule has 1 aliphatic rings. The molecule has 3 heteroatoms. The van der Waals surface area contributed by atoms with E-state index in [0.717, 1.165) is 24.0 Å². The third-order valence-electron chi connectivity index (χ3n) is 4.20. The summed E-state index contributed by atoms with van der Waals surface area (Å²) in [5.41, 5.74) is 2.26. The highest BCUT2D eigenvalue weighted by Crippen LogP contribution is 2.22. The van der Waals surface area contributed by atoms with E-state index in [1.807, 2.05) is 6.07 Å². The Hall–Kier alpha value is -1.35. The van der Waals surface area contributed by atoms with Crippen LogP contribution in [0.4, 0.5) is 4.39 Å². The quantitative estimate of drug-likeness (QED) is 0.884. The first kappa shape index (κ1) is 12.7. The van der Waals surface area contributed by atoms with Crippen molar-refractivity contribution in [2.75, 3.05) is 0 Å². The first-order valence-corrected chi connectivity index (χ1v) is 7.29. The Morgan fingerprint density at radius 3 is 2.79 bits per heavy atom. The van der Waals surface area contributed by atoms with Gasteiger partial charge in [0, 0.05) is 30.2 Å². The lowest BCUT2D eigenvalue weighted by Crippen LogP contribution is -2.26. The normalized spacial score (nSPS) is 16.5. The second kappa shape index (κ2) is 5.33. The average molecular weight is 260 g/mol. The van der Waals surface area contributed by atoms with Gasteiger partial charge in [0.1, 0.15) is 5.82 Å². The highest BCUT2D eigenvalue weighted by atomic mass is 19.1. The van der Waals surface area contributed by atoms with E-state index in [1.54, 1.807) is 6.07 Å². The zero-order chi connectivity index (χ0) is 13.2. The van der Waals surface area contributed by atoms with E-state index in [2.05, 4.69) is 22.9 Å². The smallest absolute Gasteiger partial charge is 0.125 e. The van der Waals surface area contributed by atoms with Gasteiger partial charge < -0.3 is 9.88 Å². The van der Waals surface area contributed by atoms with Gasteiger partial charge in [-0.05, 0) is 44.0 Å². The van der Waals surface area contributed by atoms with Crippen molar-refractivity contribution in [1.82, 2.24) is 9.88 Å². The molecule has 102 valence electrons. The molecule has 1 N–H and O–H groups in total. The van der Waals surface area contributed by atoms with Gasteiger partial charge >= 0.3 is 0 Å². The molecular weight excluding hydrogens is 239 g/mol. The minimum absolute atomic E-state index is 0.157. The lowest BCUT2D eigenvalue weighted by atomic mass is 10.2. The van der Waals surface area contributed by atoms with Crippen molar-refractivity contribution in [3.05, 3.63) is 35.8 Å². The number of aromatic nitrogens is 1. The number of hydrogen-bond donors (Lipinski definition) is 1. The lowest BCUT2D eigenvalue weighted by molar-refractivity contribution is 0.510. The van der Waals surface area contributed by atoms with Gasteiger partial charge in [-0.1, -0.05) is 12.8 Å². The van der Waals surface area contributed by atoms with Crippen LogP contribution in [0.3, 0.4) is 0 Å². The van der Waals surface area contributed by atoms with Crippen LogP contribution in [0.15, 0.2) is 24.3 Å². The predicted molar refractivity (Wildman–Crippen MR) is 76.7 cm³/mol. The number of rotatable bonds is 4. The van der Waals surface area contributed by atoms with Gasteiger partial charge in [-0.3, -0.25) is 0 Å². The molecule has 0 bridgehead atoms. The van der Waals surface area contributed by atoms with Gasteiger partial charge in [-0.15, -0.1) is 0 Å². The maximum absolute atomic E-state index is 13.4. The molecule has 0 spiro atoms. The van der Waals surface area contributed by atoms with Gasteiger partial charge in [-0.2, -0.15) is 0 Å². The number of halogens is 1. The molecule has 1 fully saturated rings. The Morgan fingerprint density at radius 1 is 1.26 bits per heavy atom. The van der Waals surface area contributed by atoms with Crippen LogP contribution in [-0.4, -0.2) is 10.6 Å². The van der Waals surface area contributed by atoms with Crippen LogP contribution in [0, 0.1) is 5.82 Å². The maximum Gasteiger partial charge on any atom is 0.125 e. The van der Waals surface area contributed by atoms with Crippen molar-refractivity contribution in [3.63, 3.8) is 0 Å². The summed E-state index contributed by atoms with van der Waals surface area (Å²) in [7, 11) is 0. The summed E-state index contributed by atoms with van der Waals surface area (Å²) in [6, 6.07) is 7.89. The summed E-state index contributed by atoms with van der Waals surface area (Å²) in [6.07, 6.45) is 5.28. The minimum Gasteiger partial charge on any atom is -0.344 e. The Balaban J connectivity index is 1.85. The lowest BCUT2D eigenvalue weighted by Gasteiger charge is -2.13. The summed E-state index contributed by atoms with van der Waals surface area (Å²) in [5.74, 6) is -0.157. The summed E-state index contributed by atoms with van der Waals surface area (Å²) >= 11 is 0. The van der Waals surface area contributed by atoms with E-state index in [4.69, 9.17) is 0 Å². The van der Waals surface area contributed by atoms with Crippen LogP contribution in [-0.2, 0) is 13.1 Å². The number of fused-ring (bicyclic) bond motifs is 1. The third-order valence-corrected chi connectivity index (χ3v) is 4.20. The predicted octanol–water partition coefficient (Wildman–Crippen LogP) is 3.83. The standard InChI is InChI=1S/C16H21FN2/c1-2-19-15(11-18-14-5-3-4-6-14)9-12-7-8-13(17)10-16(12)19/h7-10,14,18H,2-6,11H2,1H3. The summed E-state index contributed by atoms with van der Waals surface area (Å²) < 4.78 is 15.6. The molecule has 0 atom stereocenters. The Kier molecular flexibility index (Phi) is 3.56. The first-order valence-electron chi connectivity index (χ1n) is 7.29. The monoisotopic (exact) mass is 260 g/mol. The molecule has 1 saturated carbocycles. The zero-order valence-corrected chi connectivity index (χ0v) is 11.5. The number of aryl methyl sites for hydroxylation is 1. The van der Waals surface area contributed by atoms with E-state index in [0.29, 0.717) is 6.04 Å². The van der Waals surface area contributed by atoms with Crippen LogP contribution in [0.2, 0.25) is 0 Å². The van der Waals surface area contributed by atoms with Gasteiger partial charge in [0.2, 0.25) is 0 Å². The molecule has 2 nitrogen and oxygen atoms in total. The topological polar surface area (TPSA) is 17.0 Å². The van der Waals surface area contributed by atoms with Crippen LogP contribution in [0.5, 0.6) is 0 Å². The highest BCUT2D eigenvalue weighted by molar-refractivity contribution is 5.81. The summed E-state index contributed by atoms with van der Waals surface area (Å²) in [4.78, 5) is 0. The van der Waals surface area contributed by atoms with E-state index >= 15 is 0 Å². The Labute approximate surface area is 113 Å². The average Bonchev–Trinajstić information content (AvgIpc) is 3.02. The molecule has 0 amide bonds. The van der Waals surface area contributed by atoms with Crippen molar-refractivity contribution in [2.24, 2.45) is 0 Å². The van der Waals surface area contributed by atoms with Crippen molar-refractivity contribution in [2.45, 2.75) is 51.7 Å². The molecule has 1 aromatic heterocycles. The van der Waals surface area contributed by atoms with Crippen LogP contribution >= 0.6 is 0 Å². The number of benzene rings is 1. The number of nitrogens with zero attached hydrogens (tertiary/aromatic N) is 1. The molecule has 0 aliphatic heterocycles. The van der Waals surface area contributed by atoms with Crippen LogP contribution in [0.1, 0.15) is 38.3 Å². The van der Waals surface area contributed by atoms with Gasteiger partial charge in [0.15, 0.2) is 0 Å². The minimum atomic E-state index is -0.157. The third kappa shape index (κ3) is 2.52. The van der Waals surface area contributed by atoms with Crippen molar-refractivity contribution < 1.29 is 4.39 Å². The largest absolute Gasteiger partial charge is 0.344 e. The molecule has 1 aromatic carbocycles. The summed E-state index contributed by atoms with van der Waals surface area (Å²) in [5, 5.41) is 4.76. The first-order chi connectivity index (χ1) is 9.28. The van der Waals surface area contributed by atoms with E-state index in [-0.39, 0.29) is 5.82 Å². The molecule has 1 heterocycles. The molecule has 3 rings (SSSR count). The molecular formula is C16H21FN2. The van der Waals surface area contributed by atoms with E-state index in [1.165, 1.54) is 37.4 Å². The Bertz CT molecular complexity index is 567. The number of hydrogen-bond acceptors (Lipinski definition) is 1.